The number of nitrogens with zero attached hydrogens (tertiary/aromatic N) is 2. The predicted molar refractivity (Wildman–Crippen MR) is 180 cm³/mol. The number of benzene rings is 7. The van der Waals surface area contributed by atoms with E-state index in [1.54, 1.807) is 0 Å². The van der Waals surface area contributed by atoms with Crippen LogP contribution in [0, 0.1) is 0 Å². The van der Waals surface area contributed by atoms with Crippen LogP contribution in [-0.2, 0) is 0 Å². The smallest absolute Gasteiger partial charge is 0.160 e. The van der Waals surface area contributed by atoms with Crippen molar-refractivity contribution in [1.29, 1.82) is 0 Å². The first-order valence-electron chi connectivity index (χ1n) is 14.6. The van der Waals surface area contributed by atoms with Crippen LogP contribution < -0.4 is 4.90 Å². The van der Waals surface area contributed by atoms with Gasteiger partial charge < -0.3 is 13.9 Å². The molecule has 0 bridgehead atoms. The summed E-state index contributed by atoms with van der Waals surface area (Å²) in [5, 5.41) is 7.06. The standard InChI is InChI=1S/C40H26N2O/c1-3-15-28(16-4-1)41(36-26-27-14-7-8-19-30(27)38-33-21-10-12-25-37(33)43-40(36)38)35-24-13-22-32-31-20-9-11-23-34(31)42(39(32)35)29-17-5-2-6-18-29/h1-26H. The molecule has 43 heavy (non-hydrogen) atoms. The topological polar surface area (TPSA) is 21.3 Å². The molecule has 0 unspecified atom stereocenters. The SMILES string of the molecule is c1ccc(N(c2cc3ccccc3c3c2oc2ccccc23)c2cccc3c4ccccc4n(-c4ccccc4)c23)cc1. The minimum atomic E-state index is 0.878. The molecule has 202 valence electrons. The third-order valence-electron chi connectivity index (χ3n) is 8.53. The summed E-state index contributed by atoms with van der Waals surface area (Å²) in [5.41, 5.74) is 8.38. The van der Waals surface area contributed by atoms with E-state index >= 15 is 0 Å². The van der Waals surface area contributed by atoms with Gasteiger partial charge in [-0.2, -0.15) is 0 Å². The lowest BCUT2D eigenvalue weighted by molar-refractivity contribution is 0.669. The Morgan fingerprint density at radius 3 is 1.98 bits per heavy atom. The Morgan fingerprint density at radius 1 is 0.488 bits per heavy atom. The van der Waals surface area contributed by atoms with Crippen LogP contribution in [0.15, 0.2) is 162 Å². The average molecular weight is 551 g/mol. The van der Waals surface area contributed by atoms with Crippen molar-refractivity contribution in [1.82, 2.24) is 4.57 Å². The number of para-hydroxylation sites is 5. The molecule has 7 aromatic carbocycles. The molecule has 2 aromatic heterocycles. The van der Waals surface area contributed by atoms with E-state index in [0.717, 1.165) is 50.2 Å². The van der Waals surface area contributed by atoms with Crippen LogP contribution in [0.25, 0.3) is 60.2 Å². The average Bonchev–Trinajstić information content (AvgIpc) is 3.63. The van der Waals surface area contributed by atoms with Gasteiger partial charge in [0.15, 0.2) is 5.58 Å². The minimum Gasteiger partial charge on any atom is -0.454 e. The van der Waals surface area contributed by atoms with E-state index in [0.29, 0.717) is 0 Å². The van der Waals surface area contributed by atoms with Gasteiger partial charge in [-0.15, -0.1) is 0 Å². The van der Waals surface area contributed by atoms with Gasteiger partial charge in [0, 0.05) is 32.9 Å². The summed E-state index contributed by atoms with van der Waals surface area (Å²) in [6.45, 7) is 0. The largest absolute Gasteiger partial charge is 0.454 e. The second kappa shape index (κ2) is 9.37. The van der Waals surface area contributed by atoms with Gasteiger partial charge >= 0.3 is 0 Å². The highest BCUT2D eigenvalue weighted by Gasteiger charge is 2.25. The summed E-state index contributed by atoms with van der Waals surface area (Å²) in [5.74, 6) is 0. The fourth-order valence-corrected chi connectivity index (χ4v) is 6.73. The Labute approximate surface area is 248 Å². The molecule has 2 heterocycles. The van der Waals surface area contributed by atoms with Crippen LogP contribution in [0.2, 0.25) is 0 Å². The molecule has 0 fully saturated rings. The highest BCUT2D eigenvalue weighted by Crippen LogP contribution is 2.48. The molecular formula is C40H26N2O. The summed E-state index contributed by atoms with van der Waals surface area (Å²) in [6, 6.07) is 55.9. The second-order valence-corrected chi connectivity index (χ2v) is 11.0. The van der Waals surface area contributed by atoms with Crippen molar-refractivity contribution in [3.8, 4) is 5.69 Å². The van der Waals surface area contributed by atoms with E-state index in [2.05, 4.69) is 161 Å². The van der Waals surface area contributed by atoms with E-state index in [-0.39, 0.29) is 0 Å². The number of hydrogen-bond acceptors (Lipinski definition) is 2. The summed E-state index contributed by atoms with van der Waals surface area (Å²) in [6.07, 6.45) is 0. The Balaban J connectivity index is 1.47. The fraction of sp³-hybridized carbons (Fsp3) is 0. The van der Waals surface area contributed by atoms with Crippen molar-refractivity contribution >= 4 is 71.6 Å². The number of anilines is 3. The van der Waals surface area contributed by atoms with Crippen LogP contribution in [0.3, 0.4) is 0 Å². The normalized spacial score (nSPS) is 11.7. The van der Waals surface area contributed by atoms with E-state index in [1.807, 2.05) is 6.07 Å². The van der Waals surface area contributed by atoms with Gasteiger partial charge in [0.2, 0.25) is 0 Å². The molecular weight excluding hydrogens is 524 g/mol. The number of fused-ring (bicyclic) bond motifs is 8. The van der Waals surface area contributed by atoms with Gasteiger partial charge in [-0.1, -0.05) is 109 Å². The van der Waals surface area contributed by atoms with Crippen LogP contribution in [0.5, 0.6) is 0 Å². The van der Waals surface area contributed by atoms with Gasteiger partial charge in [0.25, 0.3) is 0 Å². The molecule has 0 spiro atoms. The first-order valence-corrected chi connectivity index (χ1v) is 14.6. The van der Waals surface area contributed by atoms with Crippen LogP contribution in [-0.4, -0.2) is 4.57 Å². The van der Waals surface area contributed by atoms with Crippen LogP contribution >= 0.6 is 0 Å². The summed E-state index contributed by atoms with van der Waals surface area (Å²) in [4.78, 5) is 2.37. The molecule has 0 amide bonds. The van der Waals surface area contributed by atoms with E-state index in [1.165, 1.54) is 27.1 Å². The Hall–Kier alpha value is -5.80. The maximum absolute atomic E-state index is 6.75. The minimum absolute atomic E-state index is 0.878. The number of aromatic nitrogens is 1. The predicted octanol–water partition coefficient (Wildman–Crippen LogP) is 11.3. The molecule has 0 N–H and O–H groups in total. The first kappa shape index (κ1) is 23.9. The molecule has 0 saturated heterocycles. The Morgan fingerprint density at radius 2 is 1.14 bits per heavy atom. The highest BCUT2D eigenvalue weighted by atomic mass is 16.3. The van der Waals surface area contributed by atoms with Gasteiger partial charge in [-0.3, -0.25) is 0 Å². The Kier molecular flexibility index (Phi) is 5.20. The molecule has 0 saturated carbocycles. The van der Waals surface area contributed by atoms with Crippen molar-refractivity contribution in [2.45, 2.75) is 0 Å². The maximum Gasteiger partial charge on any atom is 0.160 e. The molecule has 9 aromatic rings. The third-order valence-corrected chi connectivity index (χ3v) is 8.53. The molecule has 0 aliphatic heterocycles. The zero-order valence-electron chi connectivity index (χ0n) is 23.3. The fourth-order valence-electron chi connectivity index (χ4n) is 6.73. The zero-order chi connectivity index (χ0) is 28.3. The maximum atomic E-state index is 6.75. The molecule has 9 rings (SSSR count). The highest BCUT2D eigenvalue weighted by molar-refractivity contribution is 6.23. The molecule has 0 aliphatic carbocycles. The molecule has 0 atom stereocenters. The van der Waals surface area contributed by atoms with Gasteiger partial charge in [-0.25, -0.2) is 0 Å². The number of furan rings is 1. The van der Waals surface area contributed by atoms with E-state index < -0.39 is 0 Å². The molecule has 3 nitrogen and oxygen atoms in total. The lowest BCUT2D eigenvalue weighted by Gasteiger charge is -2.27. The van der Waals surface area contributed by atoms with E-state index in [4.69, 9.17) is 4.42 Å². The van der Waals surface area contributed by atoms with Crippen LogP contribution in [0.1, 0.15) is 0 Å². The second-order valence-electron chi connectivity index (χ2n) is 11.0. The zero-order valence-corrected chi connectivity index (χ0v) is 23.3. The van der Waals surface area contributed by atoms with Gasteiger partial charge in [-0.05, 0) is 59.3 Å². The Bertz CT molecular complexity index is 2450. The van der Waals surface area contributed by atoms with Gasteiger partial charge in [0.1, 0.15) is 5.58 Å². The van der Waals surface area contributed by atoms with Gasteiger partial charge in [0.05, 0.1) is 22.4 Å². The van der Waals surface area contributed by atoms with Crippen molar-refractivity contribution in [3.05, 3.63) is 158 Å². The third kappa shape index (κ3) is 3.55. The lowest BCUT2D eigenvalue weighted by atomic mass is 10.0. The lowest BCUT2D eigenvalue weighted by Crippen LogP contribution is -2.12. The number of rotatable bonds is 4. The molecule has 3 heteroatoms. The summed E-state index contributed by atoms with van der Waals surface area (Å²) < 4.78 is 9.15. The quantitative estimate of drug-likeness (QED) is 0.217. The van der Waals surface area contributed by atoms with Crippen molar-refractivity contribution in [3.63, 3.8) is 0 Å². The summed E-state index contributed by atoms with van der Waals surface area (Å²) >= 11 is 0. The first-order chi connectivity index (χ1) is 21.4. The summed E-state index contributed by atoms with van der Waals surface area (Å²) in [7, 11) is 0. The molecule has 0 radical (unpaired) electrons. The van der Waals surface area contributed by atoms with Crippen molar-refractivity contribution < 1.29 is 4.42 Å². The van der Waals surface area contributed by atoms with Crippen LogP contribution in [0.4, 0.5) is 17.1 Å². The van der Waals surface area contributed by atoms with Crippen molar-refractivity contribution in [2.75, 3.05) is 4.90 Å². The number of hydrogen-bond donors (Lipinski definition) is 0. The monoisotopic (exact) mass is 550 g/mol. The van der Waals surface area contributed by atoms with Crippen molar-refractivity contribution in [2.24, 2.45) is 0 Å². The van der Waals surface area contributed by atoms with E-state index in [9.17, 15) is 0 Å². The molecule has 0 aliphatic rings.